The average Bonchev–Trinajstić information content (AvgIpc) is 3.21. The Morgan fingerprint density at radius 1 is 0.939 bits per heavy atom. The molecule has 3 aromatic carbocycles. The standard InChI is InChI=1S/C25H24N2O5S/c1-31-23-15-19-17-9-3-5-11-21(17)32-22(19)16-20(23)26-25(28)18-10-4-6-12-24(18)33(29,30)27-13-7-2-8-14-27/h3-6,9-12,15-16H,2,7-8,13-14H2,1H3,(H,26,28). The number of sulfonamides is 1. The summed E-state index contributed by atoms with van der Waals surface area (Å²) in [5.41, 5.74) is 1.83. The van der Waals surface area contributed by atoms with Crippen LogP contribution in [-0.4, -0.2) is 38.8 Å². The number of carbonyl (C=O) groups is 1. The molecule has 1 fully saturated rings. The predicted molar refractivity (Wildman–Crippen MR) is 127 cm³/mol. The molecule has 1 saturated heterocycles. The summed E-state index contributed by atoms with van der Waals surface area (Å²) in [6.45, 7) is 0.934. The van der Waals surface area contributed by atoms with Crippen molar-refractivity contribution in [1.82, 2.24) is 4.31 Å². The smallest absolute Gasteiger partial charge is 0.257 e. The van der Waals surface area contributed by atoms with Crippen LogP contribution in [0.2, 0.25) is 0 Å². The van der Waals surface area contributed by atoms with Gasteiger partial charge < -0.3 is 14.5 Å². The monoisotopic (exact) mass is 464 g/mol. The molecule has 33 heavy (non-hydrogen) atoms. The van der Waals surface area contributed by atoms with Crippen molar-refractivity contribution in [3.63, 3.8) is 0 Å². The third-order valence-electron chi connectivity index (χ3n) is 6.01. The first-order chi connectivity index (χ1) is 16.0. The number of fused-ring (bicyclic) bond motifs is 3. The van der Waals surface area contributed by atoms with Crippen molar-refractivity contribution in [3.8, 4) is 5.75 Å². The van der Waals surface area contributed by atoms with E-state index in [1.807, 2.05) is 30.3 Å². The molecule has 2 heterocycles. The lowest BCUT2D eigenvalue weighted by molar-refractivity contribution is 0.102. The van der Waals surface area contributed by atoms with Crippen LogP contribution in [0, 0.1) is 0 Å². The van der Waals surface area contributed by atoms with E-state index in [4.69, 9.17) is 9.15 Å². The van der Waals surface area contributed by atoms with Crippen LogP contribution in [-0.2, 0) is 10.0 Å². The lowest BCUT2D eigenvalue weighted by Gasteiger charge is -2.26. The number of hydrogen-bond donors (Lipinski definition) is 1. The number of rotatable bonds is 5. The van der Waals surface area contributed by atoms with Gasteiger partial charge in [-0.3, -0.25) is 4.79 Å². The molecule has 5 rings (SSSR count). The molecule has 1 aliphatic heterocycles. The van der Waals surface area contributed by atoms with Crippen LogP contribution in [0.3, 0.4) is 0 Å². The number of ether oxygens (including phenoxy) is 1. The number of nitrogens with one attached hydrogen (secondary N) is 1. The molecule has 0 aliphatic carbocycles. The maximum absolute atomic E-state index is 13.3. The largest absolute Gasteiger partial charge is 0.495 e. The molecular formula is C25H24N2O5S. The zero-order valence-corrected chi connectivity index (χ0v) is 19.0. The van der Waals surface area contributed by atoms with Crippen molar-refractivity contribution in [2.45, 2.75) is 24.2 Å². The Morgan fingerprint density at radius 2 is 1.67 bits per heavy atom. The number of para-hydroxylation sites is 1. The maximum atomic E-state index is 13.3. The normalized spacial score (nSPS) is 15.1. The molecule has 0 saturated carbocycles. The topological polar surface area (TPSA) is 88.8 Å². The number of amides is 1. The van der Waals surface area contributed by atoms with E-state index in [2.05, 4.69) is 5.32 Å². The van der Waals surface area contributed by atoms with E-state index in [-0.39, 0.29) is 10.5 Å². The minimum absolute atomic E-state index is 0.00758. The zero-order chi connectivity index (χ0) is 23.0. The van der Waals surface area contributed by atoms with E-state index in [0.717, 1.165) is 35.6 Å². The van der Waals surface area contributed by atoms with Crippen LogP contribution in [0.1, 0.15) is 29.6 Å². The highest BCUT2D eigenvalue weighted by molar-refractivity contribution is 7.89. The van der Waals surface area contributed by atoms with E-state index in [1.54, 1.807) is 18.2 Å². The average molecular weight is 465 g/mol. The molecule has 4 aromatic rings. The molecule has 0 unspecified atom stereocenters. The minimum atomic E-state index is -3.77. The summed E-state index contributed by atoms with van der Waals surface area (Å²) < 4.78 is 39.4. The summed E-state index contributed by atoms with van der Waals surface area (Å²) in [5.74, 6) is -0.0706. The molecule has 8 heteroatoms. The van der Waals surface area contributed by atoms with Crippen LogP contribution in [0.4, 0.5) is 5.69 Å². The Kier molecular flexibility index (Phi) is 5.55. The first kappa shape index (κ1) is 21.5. The van der Waals surface area contributed by atoms with E-state index in [1.165, 1.54) is 23.5 Å². The lowest BCUT2D eigenvalue weighted by atomic mass is 10.1. The van der Waals surface area contributed by atoms with Crippen LogP contribution >= 0.6 is 0 Å². The van der Waals surface area contributed by atoms with Crippen LogP contribution in [0.15, 0.2) is 70.0 Å². The second-order valence-corrected chi connectivity index (χ2v) is 9.97. The number of benzene rings is 3. The van der Waals surface area contributed by atoms with Gasteiger partial charge >= 0.3 is 0 Å². The highest BCUT2D eigenvalue weighted by atomic mass is 32.2. The number of nitrogens with zero attached hydrogens (tertiary/aromatic N) is 1. The summed E-state index contributed by atoms with van der Waals surface area (Å²) in [6.07, 6.45) is 2.66. The van der Waals surface area contributed by atoms with Gasteiger partial charge in [0, 0.05) is 29.9 Å². The number of carbonyl (C=O) groups excluding carboxylic acids is 1. The second kappa shape index (κ2) is 8.53. The number of anilines is 1. The molecule has 170 valence electrons. The van der Waals surface area contributed by atoms with Gasteiger partial charge in [-0.1, -0.05) is 36.8 Å². The zero-order valence-electron chi connectivity index (χ0n) is 18.2. The van der Waals surface area contributed by atoms with E-state index >= 15 is 0 Å². The quantitative estimate of drug-likeness (QED) is 0.448. The highest BCUT2D eigenvalue weighted by Crippen LogP contribution is 2.36. The van der Waals surface area contributed by atoms with Crippen molar-refractivity contribution in [3.05, 3.63) is 66.2 Å². The fraction of sp³-hybridized carbons (Fsp3) is 0.240. The summed E-state index contributed by atoms with van der Waals surface area (Å²) in [5, 5.41) is 4.64. The molecule has 1 aromatic heterocycles. The van der Waals surface area contributed by atoms with Crippen molar-refractivity contribution >= 4 is 43.6 Å². The summed E-state index contributed by atoms with van der Waals surface area (Å²) in [6, 6.07) is 17.5. The van der Waals surface area contributed by atoms with Gasteiger partial charge in [0.1, 0.15) is 16.9 Å². The Hall–Kier alpha value is -3.36. The predicted octanol–water partition coefficient (Wildman–Crippen LogP) is 5.02. The first-order valence-electron chi connectivity index (χ1n) is 10.9. The Bertz CT molecular complexity index is 1450. The van der Waals surface area contributed by atoms with E-state index < -0.39 is 15.9 Å². The van der Waals surface area contributed by atoms with Gasteiger partial charge in [-0.15, -0.1) is 0 Å². The van der Waals surface area contributed by atoms with Gasteiger partial charge in [0.15, 0.2) is 0 Å². The Morgan fingerprint density at radius 3 is 2.45 bits per heavy atom. The van der Waals surface area contributed by atoms with Crippen LogP contribution in [0.25, 0.3) is 21.9 Å². The Labute approximate surface area is 192 Å². The van der Waals surface area contributed by atoms with E-state index in [9.17, 15) is 13.2 Å². The molecule has 0 spiro atoms. The number of methoxy groups -OCH3 is 1. The number of furan rings is 1. The number of hydrogen-bond acceptors (Lipinski definition) is 5. The molecule has 0 bridgehead atoms. The van der Waals surface area contributed by atoms with Crippen molar-refractivity contribution in [1.29, 1.82) is 0 Å². The SMILES string of the molecule is COc1cc2c(cc1NC(=O)c1ccccc1S(=O)(=O)N1CCCCC1)oc1ccccc12. The summed E-state index contributed by atoms with van der Waals surface area (Å²) >= 11 is 0. The van der Waals surface area contributed by atoms with Gasteiger partial charge in [0.2, 0.25) is 10.0 Å². The third-order valence-corrected chi connectivity index (χ3v) is 7.97. The van der Waals surface area contributed by atoms with Crippen LogP contribution < -0.4 is 10.1 Å². The molecular weight excluding hydrogens is 440 g/mol. The molecule has 1 N–H and O–H groups in total. The molecule has 0 atom stereocenters. The molecule has 1 aliphatic rings. The lowest BCUT2D eigenvalue weighted by Crippen LogP contribution is -2.36. The minimum Gasteiger partial charge on any atom is -0.495 e. The van der Waals surface area contributed by atoms with Gasteiger partial charge in [-0.25, -0.2) is 8.42 Å². The van der Waals surface area contributed by atoms with Gasteiger partial charge in [0.25, 0.3) is 5.91 Å². The Balaban J connectivity index is 1.52. The highest BCUT2D eigenvalue weighted by Gasteiger charge is 2.30. The molecule has 0 radical (unpaired) electrons. The molecule has 7 nitrogen and oxygen atoms in total. The maximum Gasteiger partial charge on any atom is 0.257 e. The van der Waals surface area contributed by atoms with Crippen molar-refractivity contribution in [2.24, 2.45) is 0 Å². The fourth-order valence-corrected chi connectivity index (χ4v) is 6.04. The fourth-order valence-electron chi connectivity index (χ4n) is 4.33. The third kappa shape index (κ3) is 3.85. The molecule has 1 amide bonds. The first-order valence-corrected chi connectivity index (χ1v) is 12.3. The van der Waals surface area contributed by atoms with Gasteiger partial charge in [-0.2, -0.15) is 4.31 Å². The van der Waals surface area contributed by atoms with Gasteiger partial charge in [0.05, 0.1) is 23.3 Å². The van der Waals surface area contributed by atoms with Gasteiger partial charge in [-0.05, 0) is 37.1 Å². The van der Waals surface area contributed by atoms with Crippen molar-refractivity contribution in [2.75, 3.05) is 25.5 Å². The summed E-state index contributed by atoms with van der Waals surface area (Å²) in [4.78, 5) is 13.3. The summed E-state index contributed by atoms with van der Waals surface area (Å²) in [7, 11) is -2.25. The number of piperidine rings is 1. The van der Waals surface area contributed by atoms with Crippen LogP contribution in [0.5, 0.6) is 5.75 Å². The van der Waals surface area contributed by atoms with Crippen molar-refractivity contribution < 1.29 is 22.4 Å². The van der Waals surface area contributed by atoms with E-state index in [0.29, 0.717) is 30.1 Å². The second-order valence-electron chi connectivity index (χ2n) is 8.06.